The molecule has 4 amide bonds. The summed E-state index contributed by atoms with van der Waals surface area (Å²) in [7, 11) is 0. The predicted octanol–water partition coefficient (Wildman–Crippen LogP) is 5.52. The van der Waals surface area contributed by atoms with Crippen molar-refractivity contribution in [1.82, 2.24) is 21.3 Å². The summed E-state index contributed by atoms with van der Waals surface area (Å²) in [5, 5.41) is 34.7. The highest BCUT2D eigenvalue weighted by Crippen LogP contribution is 2.31. The number of hydrogen-bond donors (Lipinski definition) is 6. The number of benzene rings is 3. The molecule has 5 rings (SSSR count). The van der Waals surface area contributed by atoms with Gasteiger partial charge in [-0.25, -0.2) is 14.4 Å². The summed E-state index contributed by atoms with van der Waals surface area (Å²) in [6.45, 7) is 4.55. The third-order valence-electron chi connectivity index (χ3n) is 10.8. The predicted molar refractivity (Wildman–Crippen MR) is 238 cm³/mol. The number of carbonyl (C=O) groups is 4. The van der Waals surface area contributed by atoms with Crippen LogP contribution in [-0.2, 0) is 57.8 Å². The summed E-state index contributed by atoms with van der Waals surface area (Å²) >= 11 is 0. The lowest BCUT2D eigenvalue weighted by Gasteiger charge is -2.48. The van der Waals surface area contributed by atoms with E-state index in [1.165, 1.54) is 0 Å². The zero-order chi connectivity index (χ0) is 46.2. The fourth-order valence-corrected chi connectivity index (χ4v) is 7.15. The van der Waals surface area contributed by atoms with Gasteiger partial charge in [-0.15, -0.1) is 0 Å². The highest BCUT2D eigenvalue weighted by molar-refractivity contribution is 5.81. The maximum Gasteiger partial charge on any atom is 0.407 e. The first-order valence-corrected chi connectivity index (χ1v) is 22.4. The molecule has 3 aromatic rings. The lowest BCUT2D eigenvalue weighted by molar-refractivity contribution is -0.189. The van der Waals surface area contributed by atoms with Crippen LogP contribution in [0.25, 0.3) is 0 Å². The molecule has 17 heteroatoms. The normalized spacial score (nSPS) is 21.9. The zero-order valence-corrected chi connectivity index (χ0v) is 37.1. The van der Waals surface area contributed by atoms with Crippen molar-refractivity contribution in [2.24, 2.45) is 0 Å². The average Bonchev–Trinajstić information content (AvgIpc) is 3.33. The number of nitrogens with one attached hydrogen (secondary N) is 4. The van der Waals surface area contributed by atoms with Crippen molar-refractivity contribution in [3.8, 4) is 0 Å². The lowest BCUT2D eigenvalue weighted by atomic mass is 9.80. The first kappa shape index (κ1) is 50.1. The Kier molecular flexibility index (Phi) is 21.2. The van der Waals surface area contributed by atoms with Crippen molar-refractivity contribution in [3.05, 3.63) is 120 Å². The Morgan fingerprint density at radius 3 is 1.82 bits per heavy atom. The standard InChI is InChI=1S/C48H64N4O13/c1-3-5-27-59-37(25-26-49-46(56)61-30-33-17-10-7-11-18-33)45(55)51-39-41(53)42(54)44(40(43(39)60-28-6-4-2)52-48(58)63-32-35-21-14-9-15-22-35)65-38-24-16-23-36(64-38)29-50-47(57)62-31-34-19-12-8-13-20-34/h7-15,17-22,24,36-37,39-44,53-54H,3-6,16,23,25-32H2,1-2H3,(H,49,56)(H,50,57)(H,51,55)(H,52,58)/t36?,37-,39?,40-,41-,42?,43?,44?/m0/s1. The molecule has 0 radical (unpaired) electrons. The molecule has 17 nitrogen and oxygen atoms in total. The van der Waals surface area contributed by atoms with Crippen LogP contribution < -0.4 is 21.3 Å². The number of unbranched alkanes of at least 4 members (excludes halogenated alkanes) is 2. The van der Waals surface area contributed by atoms with E-state index in [0.29, 0.717) is 25.7 Å². The minimum atomic E-state index is -1.72. The number of aliphatic hydroxyl groups excluding tert-OH is 2. The first-order valence-electron chi connectivity index (χ1n) is 22.4. The molecule has 3 aromatic carbocycles. The van der Waals surface area contributed by atoms with Gasteiger partial charge in [-0.2, -0.15) is 0 Å². The lowest BCUT2D eigenvalue weighted by Crippen LogP contribution is -2.73. The minimum Gasteiger partial charge on any atom is -0.460 e. The topological polar surface area (TPSA) is 221 Å². The summed E-state index contributed by atoms with van der Waals surface area (Å²) in [6, 6.07) is 25.0. The van der Waals surface area contributed by atoms with Crippen molar-refractivity contribution in [2.75, 3.05) is 26.3 Å². The van der Waals surface area contributed by atoms with E-state index in [-0.39, 0.29) is 58.5 Å². The number of aliphatic hydroxyl groups is 2. The van der Waals surface area contributed by atoms with E-state index in [2.05, 4.69) is 21.3 Å². The number of ether oxygens (including phenoxy) is 7. The van der Waals surface area contributed by atoms with Crippen LogP contribution in [0, 0.1) is 0 Å². The van der Waals surface area contributed by atoms with Crippen molar-refractivity contribution in [3.63, 3.8) is 0 Å². The van der Waals surface area contributed by atoms with Crippen LogP contribution in [0.15, 0.2) is 103 Å². The highest BCUT2D eigenvalue weighted by atomic mass is 16.7. The van der Waals surface area contributed by atoms with Gasteiger partial charge in [-0.05, 0) is 48.4 Å². The molecule has 1 saturated carbocycles. The van der Waals surface area contributed by atoms with E-state index >= 15 is 0 Å². The van der Waals surface area contributed by atoms with Gasteiger partial charge in [0.25, 0.3) is 5.95 Å². The first-order chi connectivity index (χ1) is 31.6. The van der Waals surface area contributed by atoms with E-state index in [9.17, 15) is 29.4 Å². The second-order valence-electron chi connectivity index (χ2n) is 15.8. The summed E-state index contributed by atoms with van der Waals surface area (Å²) in [5.41, 5.74) is 2.38. The number of alkyl carbamates (subject to hydrolysis) is 3. The Bertz CT molecular complexity index is 1910. The van der Waals surface area contributed by atoms with E-state index < -0.39 is 72.9 Å². The monoisotopic (exact) mass is 904 g/mol. The number of rotatable bonds is 24. The van der Waals surface area contributed by atoms with Crippen LogP contribution in [0.4, 0.5) is 14.4 Å². The van der Waals surface area contributed by atoms with Gasteiger partial charge in [-0.1, -0.05) is 118 Å². The molecule has 354 valence electrons. The van der Waals surface area contributed by atoms with Gasteiger partial charge in [0.1, 0.15) is 56.4 Å². The molecule has 1 aliphatic heterocycles. The number of carbonyl (C=O) groups excluding carboxylic acids is 4. The Morgan fingerprint density at radius 2 is 1.23 bits per heavy atom. The molecule has 0 aromatic heterocycles. The quantitative estimate of drug-likeness (QED) is 0.0482. The van der Waals surface area contributed by atoms with Crippen LogP contribution in [0.2, 0.25) is 0 Å². The summed E-state index contributed by atoms with van der Waals surface area (Å²) < 4.78 is 41.0. The van der Waals surface area contributed by atoms with E-state index in [0.717, 1.165) is 29.5 Å². The van der Waals surface area contributed by atoms with Crippen molar-refractivity contribution >= 4 is 24.2 Å². The van der Waals surface area contributed by atoms with E-state index in [1.54, 1.807) is 18.2 Å². The highest BCUT2D eigenvalue weighted by Gasteiger charge is 2.54. The minimum absolute atomic E-state index is 0.00428. The fraction of sp³-hybridized carbons (Fsp3) is 0.500. The van der Waals surface area contributed by atoms with E-state index in [1.807, 2.05) is 92.7 Å². The Balaban J connectivity index is 1.30. The Labute approximate surface area is 380 Å². The molecule has 1 fully saturated rings. The van der Waals surface area contributed by atoms with Crippen molar-refractivity contribution in [1.29, 1.82) is 0 Å². The molecule has 0 bridgehead atoms. The van der Waals surface area contributed by atoms with Gasteiger partial charge < -0.3 is 64.6 Å². The molecule has 65 heavy (non-hydrogen) atoms. The van der Waals surface area contributed by atoms with Gasteiger partial charge in [0.2, 0.25) is 5.91 Å². The third-order valence-corrected chi connectivity index (χ3v) is 10.8. The van der Waals surface area contributed by atoms with Crippen molar-refractivity contribution in [2.45, 2.75) is 127 Å². The van der Waals surface area contributed by atoms with Gasteiger partial charge in [-0.3, -0.25) is 4.79 Å². The summed E-state index contributed by atoms with van der Waals surface area (Å²) in [5.74, 6) is -0.642. The fourth-order valence-electron chi connectivity index (χ4n) is 7.15. The second-order valence-corrected chi connectivity index (χ2v) is 15.8. The smallest absolute Gasteiger partial charge is 0.407 e. The van der Waals surface area contributed by atoms with E-state index in [4.69, 9.17) is 33.2 Å². The summed E-state index contributed by atoms with van der Waals surface area (Å²) in [6.07, 6.45) is -4.24. The molecule has 1 heterocycles. The maximum atomic E-state index is 14.1. The number of hydrogen-bond acceptors (Lipinski definition) is 13. The molecule has 8 atom stereocenters. The number of allylic oxidation sites excluding steroid dienone is 1. The van der Waals surface area contributed by atoms with Crippen LogP contribution in [0.5, 0.6) is 0 Å². The van der Waals surface area contributed by atoms with Crippen LogP contribution in [0.1, 0.15) is 75.5 Å². The van der Waals surface area contributed by atoms with Crippen molar-refractivity contribution < 1.29 is 62.5 Å². The van der Waals surface area contributed by atoms with Gasteiger partial charge in [0.15, 0.2) is 6.10 Å². The van der Waals surface area contributed by atoms with Crippen LogP contribution in [0.3, 0.4) is 0 Å². The maximum absolute atomic E-state index is 14.1. The van der Waals surface area contributed by atoms with Crippen LogP contribution >= 0.6 is 0 Å². The molecule has 0 saturated heterocycles. The zero-order valence-electron chi connectivity index (χ0n) is 37.1. The SMILES string of the molecule is CCCCOC1C(NC(=O)[C@H](CCNC(=O)OCc2ccccc2)OCCCC)[C@H](O)C(O)C(OC2=CCCC(CNC(=O)OCc3ccccc3)O2)[C@H]1NC(=O)OCc1ccccc1. The van der Waals surface area contributed by atoms with Gasteiger partial charge >= 0.3 is 18.3 Å². The van der Waals surface area contributed by atoms with Crippen LogP contribution in [-0.4, -0.2) is 109 Å². The largest absolute Gasteiger partial charge is 0.460 e. The molecule has 6 N–H and O–H groups in total. The molecule has 0 spiro atoms. The van der Waals surface area contributed by atoms with Gasteiger partial charge in [0.05, 0.1) is 12.6 Å². The Hall–Kier alpha value is -5.88. The van der Waals surface area contributed by atoms with Gasteiger partial charge in [0, 0.05) is 26.2 Å². The molecule has 2 aliphatic rings. The summed E-state index contributed by atoms with van der Waals surface area (Å²) in [4.78, 5) is 52.7. The molecular weight excluding hydrogens is 841 g/mol. The molecule has 1 aliphatic carbocycles. The average molecular weight is 905 g/mol. The molecule has 5 unspecified atom stereocenters. The molecular formula is C48H64N4O13. The number of amides is 4. The Morgan fingerprint density at radius 1 is 0.677 bits per heavy atom. The second kappa shape index (κ2) is 27.4. The third kappa shape index (κ3) is 16.9.